The van der Waals surface area contributed by atoms with E-state index < -0.39 is 12.0 Å². The van der Waals surface area contributed by atoms with Crippen molar-refractivity contribution in [3.8, 4) is 0 Å². The van der Waals surface area contributed by atoms with Gasteiger partial charge in [0.2, 0.25) is 0 Å². The molecule has 0 rings (SSSR count). The van der Waals surface area contributed by atoms with E-state index in [1.807, 2.05) is 0 Å². The Hall–Kier alpha value is -0.930. The van der Waals surface area contributed by atoms with Crippen molar-refractivity contribution in [2.75, 3.05) is 0 Å². The normalized spacial score (nSPS) is 12.6. The first-order valence-electron chi connectivity index (χ1n) is 2.77. The Morgan fingerprint density at radius 1 is 1.78 bits per heavy atom. The van der Waals surface area contributed by atoms with Gasteiger partial charge in [-0.05, 0) is 6.42 Å². The molecule has 0 aromatic rings. The number of rotatable bonds is 4. The molecule has 0 aromatic heterocycles. The Morgan fingerprint density at radius 2 is 2.33 bits per heavy atom. The van der Waals surface area contributed by atoms with Crippen LogP contribution >= 0.6 is 0 Å². The Labute approximate surface area is 52.8 Å². The minimum atomic E-state index is -1.13. The minimum absolute atomic E-state index is 0.332. The molecule has 0 radical (unpaired) electrons. The van der Waals surface area contributed by atoms with Gasteiger partial charge in [-0.1, -0.05) is 18.5 Å². The molecule has 0 bridgehead atoms. The monoisotopic (exact) mass is 131 g/mol. The highest BCUT2D eigenvalue weighted by atomic mass is 16.4. The van der Waals surface area contributed by atoms with Crippen molar-refractivity contribution < 1.29 is 9.90 Å². The molecule has 4 nitrogen and oxygen atoms in total. The molecule has 0 saturated carbocycles. The maximum Gasteiger partial charge on any atom is 0.332 e. The largest absolute Gasteiger partial charge is 0.480 e. The molecule has 0 heterocycles. The van der Waals surface area contributed by atoms with E-state index >= 15 is 0 Å². The Kier molecular flexibility index (Phi) is 3.59. The quantitative estimate of drug-likeness (QED) is 0.579. The number of aliphatic carboxylic acids is 1. The van der Waals surface area contributed by atoms with Gasteiger partial charge < -0.3 is 5.11 Å². The molecule has 0 aliphatic carbocycles. The molecular formula is C5H9NO3. The zero-order chi connectivity index (χ0) is 7.28. The second-order valence-corrected chi connectivity index (χ2v) is 1.75. The lowest BCUT2D eigenvalue weighted by molar-refractivity contribution is -0.138. The second kappa shape index (κ2) is 4.00. The van der Waals surface area contributed by atoms with E-state index in [1.165, 1.54) is 0 Å². The van der Waals surface area contributed by atoms with Crippen LogP contribution in [-0.2, 0) is 4.79 Å². The van der Waals surface area contributed by atoms with Crippen molar-refractivity contribution in [1.82, 2.24) is 0 Å². The maximum atomic E-state index is 10.0. The summed E-state index contributed by atoms with van der Waals surface area (Å²) in [4.78, 5) is 19.7. The Morgan fingerprint density at radius 3 is 2.44 bits per heavy atom. The molecule has 1 unspecified atom stereocenters. The van der Waals surface area contributed by atoms with Crippen molar-refractivity contribution in [3.05, 3.63) is 4.91 Å². The van der Waals surface area contributed by atoms with E-state index in [-0.39, 0.29) is 0 Å². The number of hydrogen-bond donors (Lipinski definition) is 1. The van der Waals surface area contributed by atoms with Crippen molar-refractivity contribution in [3.63, 3.8) is 0 Å². The highest BCUT2D eigenvalue weighted by Gasteiger charge is 2.15. The van der Waals surface area contributed by atoms with Crippen molar-refractivity contribution in [1.29, 1.82) is 0 Å². The van der Waals surface area contributed by atoms with Crippen LogP contribution in [0.4, 0.5) is 0 Å². The summed E-state index contributed by atoms with van der Waals surface area (Å²) in [7, 11) is 0. The Balaban J connectivity index is 3.68. The molecule has 0 aliphatic heterocycles. The lowest BCUT2D eigenvalue weighted by Gasteiger charge is -1.97. The van der Waals surface area contributed by atoms with E-state index in [0.29, 0.717) is 12.8 Å². The Bertz CT molecular complexity index is 113. The summed E-state index contributed by atoms with van der Waals surface area (Å²) < 4.78 is 0. The molecule has 52 valence electrons. The first-order chi connectivity index (χ1) is 4.22. The zero-order valence-electron chi connectivity index (χ0n) is 5.20. The first-order valence-corrected chi connectivity index (χ1v) is 2.77. The number of nitroso groups, excluding NO2 is 1. The van der Waals surface area contributed by atoms with Crippen LogP contribution in [0.1, 0.15) is 19.8 Å². The van der Waals surface area contributed by atoms with Crippen molar-refractivity contribution in [2.24, 2.45) is 5.18 Å². The number of carboxylic acid groups (broad SMARTS) is 1. The van der Waals surface area contributed by atoms with E-state index in [9.17, 15) is 9.70 Å². The fourth-order valence-corrected chi connectivity index (χ4v) is 0.495. The zero-order valence-corrected chi connectivity index (χ0v) is 5.20. The van der Waals surface area contributed by atoms with Gasteiger partial charge in [0.25, 0.3) is 0 Å². The highest BCUT2D eigenvalue weighted by Crippen LogP contribution is 1.99. The topological polar surface area (TPSA) is 66.7 Å². The SMILES string of the molecule is CCCC(N=O)C(=O)O. The van der Waals surface area contributed by atoms with Gasteiger partial charge in [-0.15, -0.1) is 4.91 Å². The van der Waals surface area contributed by atoms with Crippen LogP contribution < -0.4 is 0 Å². The van der Waals surface area contributed by atoms with E-state index in [0.717, 1.165) is 0 Å². The second-order valence-electron chi connectivity index (χ2n) is 1.75. The fourth-order valence-electron chi connectivity index (χ4n) is 0.495. The summed E-state index contributed by atoms with van der Waals surface area (Å²) in [5, 5.41) is 10.6. The first kappa shape index (κ1) is 8.07. The predicted octanol–water partition coefficient (Wildman–Crippen LogP) is 1.01. The third-order valence-corrected chi connectivity index (χ3v) is 0.974. The summed E-state index contributed by atoms with van der Waals surface area (Å²) in [5.41, 5.74) is 0. The molecule has 0 amide bonds. The smallest absolute Gasteiger partial charge is 0.332 e. The number of hydrogen-bond acceptors (Lipinski definition) is 3. The minimum Gasteiger partial charge on any atom is -0.480 e. The lowest BCUT2D eigenvalue weighted by Crippen LogP contribution is -2.16. The molecule has 1 N–H and O–H groups in total. The third-order valence-electron chi connectivity index (χ3n) is 0.974. The summed E-state index contributed by atoms with van der Waals surface area (Å²) in [6.45, 7) is 1.81. The number of nitrogens with zero attached hydrogens (tertiary/aromatic N) is 1. The van der Waals surface area contributed by atoms with Crippen LogP contribution in [0, 0.1) is 4.91 Å². The molecule has 0 fully saturated rings. The van der Waals surface area contributed by atoms with Gasteiger partial charge in [0.05, 0.1) is 0 Å². The van der Waals surface area contributed by atoms with E-state index in [1.54, 1.807) is 6.92 Å². The predicted molar refractivity (Wildman–Crippen MR) is 32.1 cm³/mol. The lowest BCUT2D eigenvalue weighted by atomic mass is 10.2. The van der Waals surface area contributed by atoms with Gasteiger partial charge in [0.1, 0.15) is 0 Å². The van der Waals surface area contributed by atoms with Gasteiger partial charge in [0.15, 0.2) is 6.04 Å². The van der Waals surface area contributed by atoms with Crippen molar-refractivity contribution >= 4 is 5.97 Å². The van der Waals surface area contributed by atoms with Gasteiger partial charge in [-0.25, -0.2) is 4.79 Å². The molecule has 0 aliphatic rings. The summed E-state index contributed by atoms with van der Waals surface area (Å²) in [6, 6.07) is -1.05. The highest BCUT2D eigenvalue weighted by molar-refractivity contribution is 5.73. The third kappa shape index (κ3) is 2.79. The van der Waals surface area contributed by atoms with E-state index in [2.05, 4.69) is 5.18 Å². The molecule has 1 atom stereocenters. The van der Waals surface area contributed by atoms with Crippen LogP contribution in [0.15, 0.2) is 5.18 Å². The number of carboxylic acids is 1. The summed E-state index contributed by atoms with van der Waals surface area (Å²) in [5.74, 6) is -1.13. The molecule has 0 saturated heterocycles. The van der Waals surface area contributed by atoms with Crippen LogP contribution in [-0.4, -0.2) is 17.1 Å². The van der Waals surface area contributed by atoms with Gasteiger partial charge >= 0.3 is 5.97 Å². The average molecular weight is 131 g/mol. The van der Waals surface area contributed by atoms with Gasteiger partial charge in [-0.3, -0.25) is 0 Å². The molecule has 0 aromatic carbocycles. The van der Waals surface area contributed by atoms with Crippen LogP contribution in [0.5, 0.6) is 0 Å². The average Bonchev–Trinajstić information content (AvgIpc) is 1.82. The summed E-state index contributed by atoms with van der Waals surface area (Å²) in [6.07, 6.45) is 1.00. The standard InChI is InChI=1S/C5H9NO3/c1-2-3-4(6-9)5(7)8/h4H,2-3H2,1H3,(H,7,8). The molecule has 0 spiro atoms. The van der Waals surface area contributed by atoms with Gasteiger partial charge in [0, 0.05) is 0 Å². The molecular weight excluding hydrogens is 122 g/mol. The van der Waals surface area contributed by atoms with Crippen molar-refractivity contribution in [2.45, 2.75) is 25.8 Å². The molecule has 4 heteroatoms. The van der Waals surface area contributed by atoms with Crippen LogP contribution in [0.25, 0.3) is 0 Å². The van der Waals surface area contributed by atoms with E-state index in [4.69, 9.17) is 5.11 Å². The molecule has 9 heavy (non-hydrogen) atoms. The summed E-state index contributed by atoms with van der Waals surface area (Å²) >= 11 is 0. The van der Waals surface area contributed by atoms with Crippen LogP contribution in [0.3, 0.4) is 0 Å². The van der Waals surface area contributed by atoms with Crippen LogP contribution in [0.2, 0.25) is 0 Å². The number of carbonyl (C=O) groups is 1. The maximum absolute atomic E-state index is 10.0. The van der Waals surface area contributed by atoms with Gasteiger partial charge in [-0.2, -0.15) is 0 Å². The fraction of sp³-hybridized carbons (Fsp3) is 0.800.